The summed E-state index contributed by atoms with van der Waals surface area (Å²) in [5.74, 6) is 0.885. The molecule has 4 aromatic rings. The SMILES string of the molecule is Cc1cc(C)n2nc(C(=O)N(Cc3nnc(-c4ccccc4Cl)o3)C3CC3)nc2n1. The summed E-state index contributed by atoms with van der Waals surface area (Å²) >= 11 is 6.21. The standard InChI is InChI=1S/C20H18ClN7O2/c1-11-9-12(2)28-20(22-11)23-17(26-28)19(29)27(13-7-8-13)10-16-24-25-18(30-16)14-5-3-4-6-15(14)21/h3-6,9,13H,7-8,10H2,1-2H3. The maximum atomic E-state index is 13.2. The zero-order valence-corrected chi connectivity index (χ0v) is 17.2. The number of benzene rings is 1. The number of amides is 1. The molecule has 3 heterocycles. The molecule has 0 atom stereocenters. The normalized spacial score (nSPS) is 13.7. The summed E-state index contributed by atoms with van der Waals surface area (Å²) in [7, 11) is 0. The molecule has 30 heavy (non-hydrogen) atoms. The lowest BCUT2D eigenvalue weighted by molar-refractivity contribution is 0.0702. The second-order valence-corrected chi connectivity index (χ2v) is 7.74. The van der Waals surface area contributed by atoms with Gasteiger partial charge >= 0.3 is 0 Å². The second-order valence-electron chi connectivity index (χ2n) is 7.33. The molecule has 0 aliphatic heterocycles. The van der Waals surface area contributed by atoms with Crippen molar-refractivity contribution in [3.05, 3.63) is 58.5 Å². The first-order valence-corrected chi connectivity index (χ1v) is 9.96. The van der Waals surface area contributed by atoms with Crippen LogP contribution in [-0.4, -0.2) is 46.6 Å². The maximum Gasteiger partial charge on any atom is 0.294 e. The predicted molar refractivity (Wildman–Crippen MR) is 108 cm³/mol. The van der Waals surface area contributed by atoms with Crippen molar-refractivity contribution in [3.63, 3.8) is 0 Å². The van der Waals surface area contributed by atoms with Crippen molar-refractivity contribution in [2.75, 3.05) is 0 Å². The molecule has 3 aromatic heterocycles. The number of carbonyl (C=O) groups is 1. The van der Waals surface area contributed by atoms with Crippen molar-refractivity contribution in [2.24, 2.45) is 0 Å². The Morgan fingerprint density at radius 2 is 2.03 bits per heavy atom. The highest BCUT2D eigenvalue weighted by Crippen LogP contribution is 2.31. The molecule has 5 rings (SSSR count). The third-order valence-electron chi connectivity index (χ3n) is 4.93. The number of hydrogen-bond donors (Lipinski definition) is 0. The molecule has 1 aliphatic carbocycles. The van der Waals surface area contributed by atoms with Crippen LogP contribution in [0.5, 0.6) is 0 Å². The molecule has 0 N–H and O–H groups in total. The summed E-state index contributed by atoms with van der Waals surface area (Å²) in [5.41, 5.74) is 2.34. The summed E-state index contributed by atoms with van der Waals surface area (Å²) in [6.07, 6.45) is 1.84. The van der Waals surface area contributed by atoms with Crippen LogP contribution in [0.1, 0.15) is 40.7 Å². The van der Waals surface area contributed by atoms with Crippen molar-refractivity contribution in [3.8, 4) is 11.5 Å². The Morgan fingerprint density at radius 3 is 2.80 bits per heavy atom. The van der Waals surface area contributed by atoms with E-state index in [1.165, 1.54) is 0 Å². The van der Waals surface area contributed by atoms with Gasteiger partial charge in [0.25, 0.3) is 11.7 Å². The molecular weight excluding hydrogens is 406 g/mol. The zero-order chi connectivity index (χ0) is 20.8. The predicted octanol–water partition coefficient (Wildman–Crippen LogP) is 3.25. The molecule has 9 nitrogen and oxygen atoms in total. The van der Waals surface area contributed by atoms with Gasteiger partial charge in [0.2, 0.25) is 17.6 Å². The van der Waals surface area contributed by atoms with Gasteiger partial charge in [0, 0.05) is 17.4 Å². The van der Waals surface area contributed by atoms with E-state index in [0.717, 1.165) is 24.2 Å². The van der Waals surface area contributed by atoms with Crippen LogP contribution in [0.4, 0.5) is 0 Å². The lowest BCUT2D eigenvalue weighted by atomic mass is 10.2. The van der Waals surface area contributed by atoms with E-state index in [0.29, 0.717) is 28.1 Å². The van der Waals surface area contributed by atoms with Gasteiger partial charge in [-0.25, -0.2) is 9.50 Å². The Balaban J connectivity index is 1.42. The number of fused-ring (bicyclic) bond motifs is 1. The van der Waals surface area contributed by atoms with Crippen LogP contribution in [0, 0.1) is 13.8 Å². The summed E-state index contributed by atoms with van der Waals surface area (Å²) in [4.78, 5) is 23.5. The third kappa shape index (κ3) is 3.41. The lowest BCUT2D eigenvalue weighted by Crippen LogP contribution is -2.33. The van der Waals surface area contributed by atoms with E-state index in [4.69, 9.17) is 16.0 Å². The molecule has 1 fully saturated rings. The van der Waals surface area contributed by atoms with Crippen LogP contribution in [-0.2, 0) is 6.54 Å². The summed E-state index contributed by atoms with van der Waals surface area (Å²) in [6.45, 7) is 3.96. The topological polar surface area (TPSA) is 102 Å². The molecule has 10 heteroatoms. The zero-order valence-electron chi connectivity index (χ0n) is 16.4. The monoisotopic (exact) mass is 423 g/mol. The molecule has 1 aliphatic rings. The highest BCUT2D eigenvalue weighted by molar-refractivity contribution is 6.33. The molecule has 0 saturated heterocycles. The smallest absolute Gasteiger partial charge is 0.294 e. The highest BCUT2D eigenvalue weighted by Gasteiger charge is 2.36. The Kier molecular flexibility index (Phi) is 4.47. The number of carbonyl (C=O) groups excluding carboxylic acids is 1. The summed E-state index contributed by atoms with van der Waals surface area (Å²) < 4.78 is 7.36. The van der Waals surface area contributed by atoms with Gasteiger partial charge in [0.15, 0.2) is 0 Å². The molecule has 0 bridgehead atoms. The largest absolute Gasteiger partial charge is 0.419 e. The molecule has 1 saturated carbocycles. The van der Waals surface area contributed by atoms with E-state index in [2.05, 4.69) is 25.3 Å². The number of rotatable bonds is 5. The van der Waals surface area contributed by atoms with Gasteiger partial charge in [-0.05, 0) is 44.9 Å². The fourth-order valence-electron chi connectivity index (χ4n) is 3.34. The Labute approximate surface area is 176 Å². The van der Waals surface area contributed by atoms with Crippen molar-refractivity contribution >= 4 is 23.3 Å². The summed E-state index contributed by atoms with van der Waals surface area (Å²) in [6, 6.07) is 9.24. The Morgan fingerprint density at radius 1 is 1.23 bits per heavy atom. The minimum absolute atomic E-state index is 0.106. The lowest BCUT2D eigenvalue weighted by Gasteiger charge is -2.18. The minimum atomic E-state index is -0.280. The van der Waals surface area contributed by atoms with Crippen molar-refractivity contribution in [1.82, 2.24) is 34.7 Å². The van der Waals surface area contributed by atoms with Crippen molar-refractivity contribution in [1.29, 1.82) is 0 Å². The van der Waals surface area contributed by atoms with Crippen molar-refractivity contribution in [2.45, 2.75) is 39.3 Å². The van der Waals surface area contributed by atoms with Crippen LogP contribution in [0.25, 0.3) is 17.2 Å². The number of nitrogens with zero attached hydrogens (tertiary/aromatic N) is 7. The molecule has 152 valence electrons. The van der Waals surface area contributed by atoms with Gasteiger partial charge in [-0.2, -0.15) is 4.98 Å². The fraction of sp³-hybridized carbons (Fsp3) is 0.300. The van der Waals surface area contributed by atoms with Gasteiger partial charge in [0.1, 0.15) is 0 Å². The van der Waals surface area contributed by atoms with Gasteiger partial charge in [-0.1, -0.05) is 23.7 Å². The number of aryl methyl sites for hydroxylation is 2. The van der Waals surface area contributed by atoms with Crippen LogP contribution in [0.3, 0.4) is 0 Å². The van der Waals surface area contributed by atoms with Crippen molar-refractivity contribution < 1.29 is 9.21 Å². The van der Waals surface area contributed by atoms with E-state index in [1.54, 1.807) is 21.5 Å². The van der Waals surface area contributed by atoms with Crippen LogP contribution in [0.2, 0.25) is 5.02 Å². The Hall–Kier alpha value is -3.33. The Bertz CT molecular complexity index is 1260. The molecule has 1 amide bonds. The average Bonchev–Trinajstić information content (AvgIpc) is 3.29. The number of halogens is 1. The molecule has 0 radical (unpaired) electrons. The molecular formula is C20H18ClN7O2. The maximum absolute atomic E-state index is 13.2. The first kappa shape index (κ1) is 18.7. The molecule has 0 unspecified atom stereocenters. The van der Waals surface area contributed by atoms with Crippen LogP contribution >= 0.6 is 11.6 Å². The third-order valence-corrected chi connectivity index (χ3v) is 5.26. The van der Waals surface area contributed by atoms with Crippen LogP contribution in [0.15, 0.2) is 34.7 Å². The van der Waals surface area contributed by atoms with E-state index >= 15 is 0 Å². The first-order chi connectivity index (χ1) is 14.5. The van der Waals surface area contributed by atoms with Gasteiger partial charge in [-0.3, -0.25) is 4.79 Å². The van der Waals surface area contributed by atoms with E-state index in [1.807, 2.05) is 32.0 Å². The average molecular weight is 424 g/mol. The van der Waals surface area contributed by atoms with Crippen LogP contribution < -0.4 is 0 Å². The van der Waals surface area contributed by atoms with E-state index in [9.17, 15) is 4.79 Å². The highest BCUT2D eigenvalue weighted by atomic mass is 35.5. The summed E-state index contributed by atoms with van der Waals surface area (Å²) in [5, 5.41) is 13.1. The van der Waals surface area contributed by atoms with E-state index < -0.39 is 0 Å². The number of aromatic nitrogens is 6. The van der Waals surface area contributed by atoms with E-state index in [-0.39, 0.29) is 24.3 Å². The molecule has 1 aromatic carbocycles. The quantitative estimate of drug-likeness (QED) is 0.485. The van der Waals surface area contributed by atoms with Gasteiger partial charge < -0.3 is 9.32 Å². The fourth-order valence-corrected chi connectivity index (χ4v) is 3.56. The second kappa shape index (κ2) is 7.17. The number of hydrogen-bond acceptors (Lipinski definition) is 7. The van der Waals surface area contributed by atoms with Gasteiger partial charge in [0.05, 0.1) is 17.1 Å². The first-order valence-electron chi connectivity index (χ1n) is 9.59. The molecule has 0 spiro atoms. The van der Waals surface area contributed by atoms with Gasteiger partial charge in [-0.15, -0.1) is 15.3 Å². The minimum Gasteiger partial charge on any atom is -0.419 e.